The predicted molar refractivity (Wildman–Crippen MR) is 111 cm³/mol. The molecule has 1 atom stereocenters. The Morgan fingerprint density at radius 2 is 1.70 bits per heavy atom. The normalized spacial score (nSPS) is 11.4. The molecule has 0 aliphatic rings. The largest absolute Gasteiger partial charge is 0.459 e. The molecule has 1 aromatic heterocycles. The van der Waals surface area contributed by atoms with E-state index in [0.29, 0.717) is 5.69 Å². The molecule has 0 radical (unpaired) electrons. The van der Waals surface area contributed by atoms with Crippen molar-refractivity contribution >= 4 is 23.5 Å². The summed E-state index contributed by atoms with van der Waals surface area (Å²) in [5, 5.41) is 2.66. The van der Waals surface area contributed by atoms with Crippen molar-refractivity contribution < 1.29 is 23.5 Å². The number of nitrogens with zero attached hydrogens (tertiary/aromatic N) is 1. The lowest BCUT2D eigenvalue weighted by Crippen LogP contribution is -2.33. The standard InChI is InChI=1S/C23H22N2O5/c1-16(17-7-4-3-5-8-17)25(2)21(26)15-30-23(28)18-10-12-19(13-11-18)24-22(27)20-9-6-14-29-20/h3-14,16H,15H2,1-2H3,(H,24,27)/t16-/m0/s1. The molecule has 0 aliphatic carbocycles. The molecule has 154 valence electrons. The summed E-state index contributed by atoms with van der Waals surface area (Å²) in [6.45, 7) is 1.55. The zero-order chi connectivity index (χ0) is 21.5. The summed E-state index contributed by atoms with van der Waals surface area (Å²) in [6.07, 6.45) is 1.41. The van der Waals surface area contributed by atoms with Gasteiger partial charge in [0.1, 0.15) is 0 Å². The molecule has 0 spiro atoms. The first-order valence-corrected chi connectivity index (χ1v) is 9.38. The Balaban J connectivity index is 1.52. The Hall–Kier alpha value is -3.87. The number of anilines is 1. The summed E-state index contributed by atoms with van der Waals surface area (Å²) < 4.78 is 10.2. The molecular weight excluding hydrogens is 384 g/mol. The molecule has 1 heterocycles. The van der Waals surface area contributed by atoms with E-state index >= 15 is 0 Å². The maximum atomic E-state index is 12.4. The topological polar surface area (TPSA) is 88.9 Å². The maximum Gasteiger partial charge on any atom is 0.338 e. The van der Waals surface area contributed by atoms with Crippen molar-refractivity contribution in [3.63, 3.8) is 0 Å². The molecule has 7 nitrogen and oxygen atoms in total. The lowest BCUT2D eigenvalue weighted by atomic mass is 10.1. The summed E-state index contributed by atoms with van der Waals surface area (Å²) in [5.74, 6) is -1.13. The lowest BCUT2D eigenvalue weighted by molar-refractivity contribution is -0.135. The van der Waals surface area contributed by atoms with Gasteiger partial charge in [0.05, 0.1) is 17.9 Å². The highest BCUT2D eigenvalue weighted by Crippen LogP contribution is 2.18. The minimum Gasteiger partial charge on any atom is -0.459 e. The SMILES string of the molecule is C[C@@H](c1ccccc1)N(C)C(=O)COC(=O)c1ccc(NC(=O)c2ccco2)cc1. The van der Waals surface area contributed by atoms with E-state index in [9.17, 15) is 14.4 Å². The number of ether oxygens (including phenoxy) is 1. The Kier molecular flexibility index (Phi) is 6.64. The first-order chi connectivity index (χ1) is 14.5. The first-order valence-electron chi connectivity index (χ1n) is 9.38. The van der Waals surface area contributed by atoms with Crippen LogP contribution in [-0.4, -0.2) is 36.3 Å². The predicted octanol–water partition coefficient (Wildman–Crippen LogP) is 3.91. The molecule has 0 saturated heterocycles. The van der Waals surface area contributed by atoms with Crippen LogP contribution in [0.1, 0.15) is 39.4 Å². The molecule has 0 bridgehead atoms. The molecule has 0 unspecified atom stereocenters. The second-order valence-corrected chi connectivity index (χ2v) is 6.68. The second kappa shape index (κ2) is 9.56. The number of rotatable bonds is 7. The van der Waals surface area contributed by atoms with E-state index in [1.54, 1.807) is 31.3 Å². The number of nitrogens with one attached hydrogen (secondary N) is 1. The van der Waals surface area contributed by atoms with Crippen LogP contribution in [0, 0.1) is 0 Å². The van der Waals surface area contributed by atoms with Gasteiger partial charge < -0.3 is 19.4 Å². The fraction of sp³-hybridized carbons (Fsp3) is 0.174. The quantitative estimate of drug-likeness (QED) is 0.601. The molecule has 1 N–H and O–H groups in total. The van der Waals surface area contributed by atoms with Crippen LogP contribution >= 0.6 is 0 Å². The van der Waals surface area contributed by atoms with Gasteiger partial charge in [-0.15, -0.1) is 0 Å². The van der Waals surface area contributed by atoms with Gasteiger partial charge >= 0.3 is 5.97 Å². The molecule has 3 rings (SSSR count). The number of hydrogen-bond acceptors (Lipinski definition) is 5. The zero-order valence-electron chi connectivity index (χ0n) is 16.7. The van der Waals surface area contributed by atoms with Gasteiger partial charge in [0.15, 0.2) is 12.4 Å². The summed E-state index contributed by atoms with van der Waals surface area (Å²) >= 11 is 0. The lowest BCUT2D eigenvalue weighted by Gasteiger charge is -2.25. The number of benzene rings is 2. The Morgan fingerprint density at radius 1 is 1.00 bits per heavy atom. The van der Waals surface area contributed by atoms with Crippen LogP contribution < -0.4 is 5.32 Å². The van der Waals surface area contributed by atoms with E-state index in [4.69, 9.17) is 9.15 Å². The third-order valence-corrected chi connectivity index (χ3v) is 4.71. The summed E-state index contributed by atoms with van der Waals surface area (Å²) in [4.78, 5) is 38.1. The Bertz CT molecular complexity index is 998. The highest BCUT2D eigenvalue weighted by molar-refractivity contribution is 6.02. The van der Waals surface area contributed by atoms with Gasteiger partial charge in [0.2, 0.25) is 0 Å². The average Bonchev–Trinajstić information content (AvgIpc) is 3.32. The van der Waals surface area contributed by atoms with Crippen LogP contribution in [0.2, 0.25) is 0 Å². The zero-order valence-corrected chi connectivity index (χ0v) is 16.7. The summed E-state index contributed by atoms with van der Waals surface area (Å²) in [5.41, 5.74) is 1.77. The minimum absolute atomic E-state index is 0.144. The summed E-state index contributed by atoms with van der Waals surface area (Å²) in [6, 6.07) is 18.8. The monoisotopic (exact) mass is 406 g/mol. The van der Waals surface area contributed by atoms with Crippen molar-refractivity contribution in [1.29, 1.82) is 0 Å². The van der Waals surface area contributed by atoms with Crippen molar-refractivity contribution in [2.45, 2.75) is 13.0 Å². The van der Waals surface area contributed by atoms with Crippen molar-refractivity contribution in [2.75, 3.05) is 19.0 Å². The number of furan rings is 1. The third-order valence-electron chi connectivity index (χ3n) is 4.71. The van der Waals surface area contributed by atoms with E-state index in [2.05, 4.69) is 5.32 Å². The van der Waals surface area contributed by atoms with Crippen LogP contribution in [-0.2, 0) is 9.53 Å². The van der Waals surface area contributed by atoms with E-state index < -0.39 is 11.9 Å². The number of hydrogen-bond donors (Lipinski definition) is 1. The molecule has 0 saturated carbocycles. The van der Waals surface area contributed by atoms with E-state index in [1.165, 1.54) is 23.3 Å². The van der Waals surface area contributed by atoms with E-state index in [1.807, 2.05) is 37.3 Å². The van der Waals surface area contributed by atoms with Crippen molar-refractivity contribution in [3.05, 3.63) is 89.9 Å². The van der Waals surface area contributed by atoms with Gasteiger partial charge in [-0.3, -0.25) is 9.59 Å². The van der Waals surface area contributed by atoms with Crippen molar-refractivity contribution in [2.24, 2.45) is 0 Å². The fourth-order valence-corrected chi connectivity index (χ4v) is 2.77. The second-order valence-electron chi connectivity index (χ2n) is 6.68. The number of amides is 2. The van der Waals surface area contributed by atoms with E-state index in [-0.39, 0.29) is 29.9 Å². The molecule has 7 heteroatoms. The molecule has 2 aromatic carbocycles. The van der Waals surface area contributed by atoms with Gasteiger partial charge in [-0.1, -0.05) is 30.3 Å². The third kappa shape index (κ3) is 5.14. The van der Waals surface area contributed by atoms with Crippen LogP contribution in [0.3, 0.4) is 0 Å². The fourth-order valence-electron chi connectivity index (χ4n) is 2.77. The van der Waals surface area contributed by atoms with Crippen molar-refractivity contribution in [3.8, 4) is 0 Å². The molecule has 3 aromatic rings. The van der Waals surface area contributed by atoms with Crippen molar-refractivity contribution in [1.82, 2.24) is 4.90 Å². The minimum atomic E-state index is -0.618. The van der Waals surface area contributed by atoms with Gasteiger partial charge in [-0.2, -0.15) is 0 Å². The van der Waals surface area contributed by atoms with Crippen LogP contribution in [0.15, 0.2) is 77.4 Å². The average molecular weight is 406 g/mol. The highest BCUT2D eigenvalue weighted by Gasteiger charge is 2.19. The number of esters is 1. The number of carbonyl (C=O) groups is 3. The van der Waals surface area contributed by atoms with Crippen LogP contribution in [0.4, 0.5) is 5.69 Å². The molecule has 0 aliphatic heterocycles. The molecular formula is C23H22N2O5. The number of likely N-dealkylation sites (N-methyl/N-ethyl adjacent to an activating group) is 1. The molecule has 30 heavy (non-hydrogen) atoms. The molecule has 0 fully saturated rings. The molecule has 2 amide bonds. The number of carbonyl (C=O) groups excluding carboxylic acids is 3. The van der Waals surface area contributed by atoms with Crippen LogP contribution in [0.5, 0.6) is 0 Å². The summed E-state index contributed by atoms with van der Waals surface area (Å²) in [7, 11) is 1.67. The smallest absolute Gasteiger partial charge is 0.338 e. The maximum absolute atomic E-state index is 12.4. The highest BCUT2D eigenvalue weighted by atomic mass is 16.5. The van der Waals surface area contributed by atoms with Crippen LogP contribution in [0.25, 0.3) is 0 Å². The van der Waals surface area contributed by atoms with Gasteiger partial charge in [0.25, 0.3) is 11.8 Å². The van der Waals surface area contributed by atoms with E-state index in [0.717, 1.165) is 5.56 Å². The van der Waals surface area contributed by atoms with Gasteiger partial charge in [-0.25, -0.2) is 4.79 Å². The van der Waals surface area contributed by atoms with Gasteiger partial charge in [0, 0.05) is 12.7 Å². The van der Waals surface area contributed by atoms with Gasteiger partial charge in [-0.05, 0) is 48.9 Å². The Morgan fingerprint density at radius 3 is 2.33 bits per heavy atom. The first kappa shape index (κ1) is 20.9. The Labute approximate surface area is 174 Å².